The number of nitrogen functional groups attached to an aromatic ring is 1. The fourth-order valence-electron chi connectivity index (χ4n) is 6.95. The maximum Gasteiger partial charge on any atom is 0.225 e. The molecular weight excluding hydrogens is 490 g/mol. The number of fused-ring (bicyclic) bond motifs is 3. The summed E-state index contributed by atoms with van der Waals surface area (Å²) in [5.74, 6) is 1.60. The highest BCUT2D eigenvalue weighted by atomic mass is 16.2. The Labute approximate surface area is 227 Å². The van der Waals surface area contributed by atoms with Crippen molar-refractivity contribution in [3.05, 3.63) is 60.7 Å². The van der Waals surface area contributed by atoms with Crippen LogP contribution in [0.1, 0.15) is 50.1 Å². The predicted molar refractivity (Wildman–Crippen MR) is 147 cm³/mol. The number of imidazole rings is 1. The lowest BCUT2D eigenvalue weighted by Crippen LogP contribution is -2.49. The van der Waals surface area contributed by atoms with Gasteiger partial charge in [-0.3, -0.25) is 14.7 Å². The molecule has 3 aliphatic heterocycles. The Morgan fingerprint density at radius 3 is 2.33 bits per heavy atom. The van der Waals surface area contributed by atoms with Crippen LogP contribution in [0.15, 0.2) is 55.1 Å². The van der Waals surface area contributed by atoms with Crippen LogP contribution in [0.4, 0.5) is 5.95 Å². The van der Waals surface area contributed by atoms with E-state index >= 15 is 0 Å². The molecule has 3 atom stereocenters. The van der Waals surface area contributed by atoms with Gasteiger partial charge in [0.15, 0.2) is 11.5 Å². The van der Waals surface area contributed by atoms with Crippen molar-refractivity contribution in [3.63, 3.8) is 0 Å². The molecule has 0 radical (unpaired) electrons. The number of rotatable bonds is 5. The summed E-state index contributed by atoms with van der Waals surface area (Å²) in [5, 5.41) is 0. The van der Waals surface area contributed by atoms with Crippen molar-refractivity contribution < 1.29 is 4.79 Å². The Hall–Kier alpha value is -3.92. The van der Waals surface area contributed by atoms with Gasteiger partial charge in [-0.15, -0.1) is 0 Å². The number of pyridine rings is 2. The minimum Gasteiger partial charge on any atom is -0.368 e. The number of likely N-dealkylation sites (tertiary alicyclic amines) is 1. The molecule has 39 heavy (non-hydrogen) atoms. The molecule has 7 heterocycles. The van der Waals surface area contributed by atoms with Crippen molar-refractivity contribution in [1.29, 1.82) is 0 Å². The normalized spacial score (nSPS) is 23.9. The van der Waals surface area contributed by atoms with Gasteiger partial charge >= 0.3 is 0 Å². The molecule has 0 aromatic carbocycles. The molecule has 0 saturated carbocycles. The van der Waals surface area contributed by atoms with E-state index in [1.165, 1.54) is 0 Å². The summed E-state index contributed by atoms with van der Waals surface area (Å²) in [7, 11) is 0. The molecule has 7 rings (SSSR count). The lowest BCUT2D eigenvalue weighted by Gasteiger charge is -2.41. The van der Waals surface area contributed by atoms with Gasteiger partial charge in [-0.05, 0) is 62.8 Å². The van der Waals surface area contributed by atoms with Crippen LogP contribution in [0, 0.1) is 5.92 Å². The first-order valence-corrected chi connectivity index (χ1v) is 14.0. The number of anilines is 1. The summed E-state index contributed by atoms with van der Waals surface area (Å²) < 4.78 is 2.25. The predicted octanol–water partition coefficient (Wildman–Crippen LogP) is 3.47. The van der Waals surface area contributed by atoms with Crippen LogP contribution in [-0.2, 0) is 11.3 Å². The monoisotopic (exact) mass is 523 g/mol. The van der Waals surface area contributed by atoms with Gasteiger partial charge < -0.3 is 15.2 Å². The number of hydrogen-bond acceptors (Lipinski definition) is 8. The Bertz CT molecular complexity index is 1450. The first-order chi connectivity index (χ1) is 19.1. The van der Waals surface area contributed by atoms with Crippen LogP contribution in [0.5, 0.6) is 0 Å². The van der Waals surface area contributed by atoms with Crippen LogP contribution in [0.2, 0.25) is 0 Å². The lowest BCUT2D eigenvalue weighted by atomic mass is 9.88. The van der Waals surface area contributed by atoms with E-state index in [0.717, 1.165) is 86.4 Å². The molecule has 4 aromatic heterocycles. The second-order valence-electron chi connectivity index (χ2n) is 11.1. The molecule has 10 heteroatoms. The second kappa shape index (κ2) is 10.00. The van der Waals surface area contributed by atoms with Gasteiger partial charge in [0.05, 0.1) is 0 Å². The number of nitrogens with zero attached hydrogens (tertiary/aromatic N) is 8. The second-order valence-corrected chi connectivity index (χ2v) is 11.1. The fraction of sp³-hybridized carbons (Fsp3) is 0.448. The third-order valence-corrected chi connectivity index (χ3v) is 8.81. The van der Waals surface area contributed by atoms with Gasteiger partial charge in [0.25, 0.3) is 0 Å². The zero-order valence-corrected chi connectivity index (χ0v) is 21.9. The third kappa shape index (κ3) is 4.52. The van der Waals surface area contributed by atoms with E-state index in [2.05, 4.69) is 34.3 Å². The molecule has 3 fully saturated rings. The number of hydrogen-bond donors (Lipinski definition) is 1. The summed E-state index contributed by atoms with van der Waals surface area (Å²) >= 11 is 0. The summed E-state index contributed by atoms with van der Waals surface area (Å²) in [4.78, 5) is 40.8. The molecule has 4 aromatic rings. The molecule has 0 spiro atoms. The van der Waals surface area contributed by atoms with E-state index in [1.54, 1.807) is 6.20 Å². The van der Waals surface area contributed by atoms with Gasteiger partial charge in [-0.1, -0.05) is 6.07 Å². The summed E-state index contributed by atoms with van der Waals surface area (Å²) in [6.07, 6.45) is 13.2. The lowest BCUT2D eigenvalue weighted by molar-refractivity contribution is -0.139. The highest BCUT2D eigenvalue weighted by molar-refractivity contribution is 5.79. The third-order valence-electron chi connectivity index (χ3n) is 8.81. The maximum absolute atomic E-state index is 13.7. The zero-order chi connectivity index (χ0) is 26.3. The van der Waals surface area contributed by atoms with Crippen LogP contribution in [-0.4, -0.2) is 70.4 Å². The Morgan fingerprint density at radius 2 is 1.62 bits per heavy atom. The average molecular weight is 524 g/mol. The van der Waals surface area contributed by atoms with Crippen molar-refractivity contribution in [2.45, 2.75) is 63.2 Å². The SMILES string of the molecule is Nc1ncc(CN2C3CC[C@H]2CC(C(=O)N2CCC(n4c(-c5ccccn5)nc5cccnc54)CC2)C3)cn1. The number of carbonyl (C=O) groups is 1. The minimum atomic E-state index is 0.109. The van der Waals surface area contributed by atoms with E-state index in [-0.39, 0.29) is 12.0 Å². The molecule has 3 saturated heterocycles. The Kier molecular flexibility index (Phi) is 6.19. The largest absolute Gasteiger partial charge is 0.368 e. The van der Waals surface area contributed by atoms with Crippen molar-refractivity contribution in [2.24, 2.45) is 5.92 Å². The zero-order valence-electron chi connectivity index (χ0n) is 21.9. The Morgan fingerprint density at radius 1 is 0.872 bits per heavy atom. The molecule has 10 nitrogen and oxygen atoms in total. The van der Waals surface area contributed by atoms with Gasteiger partial charge in [0.1, 0.15) is 11.2 Å². The number of aromatic nitrogens is 6. The molecule has 2 unspecified atom stereocenters. The molecule has 1 amide bonds. The summed E-state index contributed by atoms with van der Waals surface area (Å²) in [6.45, 7) is 2.35. The van der Waals surface area contributed by atoms with Crippen molar-refractivity contribution in [3.8, 4) is 11.5 Å². The highest BCUT2D eigenvalue weighted by Crippen LogP contribution is 2.41. The van der Waals surface area contributed by atoms with Gasteiger partial charge in [-0.25, -0.2) is 19.9 Å². The number of nitrogens with two attached hydrogens (primary N) is 1. The fourth-order valence-corrected chi connectivity index (χ4v) is 6.95. The van der Waals surface area contributed by atoms with E-state index < -0.39 is 0 Å². The summed E-state index contributed by atoms with van der Waals surface area (Å²) in [6, 6.07) is 10.9. The molecule has 200 valence electrons. The van der Waals surface area contributed by atoms with Crippen LogP contribution in [0.3, 0.4) is 0 Å². The first-order valence-electron chi connectivity index (χ1n) is 14.0. The minimum absolute atomic E-state index is 0.109. The number of carbonyl (C=O) groups excluding carboxylic acids is 1. The van der Waals surface area contributed by atoms with Crippen LogP contribution in [0.25, 0.3) is 22.7 Å². The molecule has 0 aliphatic carbocycles. The number of amides is 1. The van der Waals surface area contributed by atoms with Crippen molar-refractivity contribution >= 4 is 23.0 Å². The van der Waals surface area contributed by atoms with Crippen LogP contribution < -0.4 is 5.73 Å². The van der Waals surface area contributed by atoms with Crippen LogP contribution >= 0.6 is 0 Å². The van der Waals surface area contributed by atoms with Crippen molar-refractivity contribution in [1.82, 2.24) is 39.3 Å². The van der Waals surface area contributed by atoms with E-state index in [1.807, 2.05) is 48.9 Å². The maximum atomic E-state index is 13.7. The first kappa shape index (κ1) is 24.1. The van der Waals surface area contributed by atoms with Gasteiger partial charge in [0.2, 0.25) is 11.9 Å². The van der Waals surface area contributed by atoms with E-state index in [4.69, 9.17) is 10.7 Å². The van der Waals surface area contributed by atoms with E-state index in [9.17, 15) is 4.79 Å². The van der Waals surface area contributed by atoms with Gasteiger partial charge in [0, 0.05) is 74.0 Å². The average Bonchev–Trinajstić information content (AvgIpc) is 3.47. The topological polar surface area (TPSA) is 119 Å². The molecule has 2 bridgehead atoms. The quantitative estimate of drug-likeness (QED) is 0.422. The highest BCUT2D eigenvalue weighted by Gasteiger charge is 2.44. The van der Waals surface area contributed by atoms with Crippen molar-refractivity contribution in [2.75, 3.05) is 18.8 Å². The summed E-state index contributed by atoms with van der Waals surface area (Å²) in [5.41, 5.74) is 9.35. The number of piperidine rings is 2. The smallest absolute Gasteiger partial charge is 0.225 e. The van der Waals surface area contributed by atoms with E-state index in [0.29, 0.717) is 23.9 Å². The Balaban J connectivity index is 1.03. The molecule has 2 N–H and O–H groups in total. The standard InChI is InChI=1S/C29H33N9O/c30-29-33-16-19(17-34-29)18-37-22-6-7-23(37)15-20(14-22)28(39)36-12-8-21(9-13-36)38-26-25(5-3-11-32-26)35-27(38)24-4-1-2-10-31-24/h1-5,10-11,16-17,20-23H,6-9,12-15,18H2,(H2,30,33,34)/t20?,22-,23?/m0/s1. The molecular formula is C29H33N9O. The van der Waals surface area contributed by atoms with Gasteiger partial charge in [-0.2, -0.15) is 0 Å². The molecule has 3 aliphatic rings.